The van der Waals surface area contributed by atoms with Crippen LogP contribution in [0.25, 0.3) is 11.0 Å². The van der Waals surface area contributed by atoms with Crippen molar-refractivity contribution in [2.45, 2.75) is 30.7 Å². The summed E-state index contributed by atoms with van der Waals surface area (Å²) in [7, 11) is -2.11. The molecule has 1 saturated heterocycles. The van der Waals surface area contributed by atoms with Crippen molar-refractivity contribution in [2.75, 3.05) is 30.3 Å². The van der Waals surface area contributed by atoms with E-state index < -0.39 is 10.0 Å². The van der Waals surface area contributed by atoms with Crippen molar-refractivity contribution < 1.29 is 18.3 Å². The molecule has 5 rings (SSSR count). The third-order valence-corrected chi connectivity index (χ3v) is 7.97. The Bertz CT molecular complexity index is 1520. The van der Waals surface area contributed by atoms with E-state index in [-0.39, 0.29) is 22.3 Å². The van der Waals surface area contributed by atoms with E-state index in [0.29, 0.717) is 29.2 Å². The van der Waals surface area contributed by atoms with Gasteiger partial charge in [0.1, 0.15) is 5.75 Å². The van der Waals surface area contributed by atoms with Gasteiger partial charge in [-0.2, -0.15) is 0 Å². The molecule has 1 aliphatic rings. The third-order valence-electron chi connectivity index (χ3n) is 6.61. The van der Waals surface area contributed by atoms with Gasteiger partial charge in [-0.25, -0.2) is 18.4 Å². The summed E-state index contributed by atoms with van der Waals surface area (Å²) in [5, 5.41) is 16.6. The number of rotatable bonds is 9. The molecule has 0 radical (unpaired) electrons. The first kappa shape index (κ1) is 25.9. The number of aromatic hydroxyl groups is 1. The van der Waals surface area contributed by atoms with E-state index in [9.17, 15) is 13.5 Å². The van der Waals surface area contributed by atoms with E-state index in [1.165, 1.54) is 0 Å². The fourth-order valence-corrected chi connectivity index (χ4v) is 5.59. The summed E-state index contributed by atoms with van der Waals surface area (Å²) in [6, 6.07) is 19.1. The topological polar surface area (TPSA) is 125 Å². The molecule has 10 heteroatoms. The molecule has 1 aromatic heterocycles. The Labute approximate surface area is 222 Å². The lowest BCUT2D eigenvalue weighted by Crippen LogP contribution is -2.18. The number of phenolic OH excluding ortho intramolecular Hbond substituents is 1. The van der Waals surface area contributed by atoms with Crippen LogP contribution in [-0.2, 0) is 27.7 Å². The van der Waals surface area contributed by atoms with E-state index >= 15 is 0 Å². The lowest BCUT2D eigenvalue weighted by Gasteiger charge is -2.23. The lowest BCUT2D eigenvalue weighted by molar-refractivity contribution is 0.0666. The summed E-state index contributed by atoms with van der Waals surface area (Å²) in [5.41, 5.74) is 3.79. The van der Waals surface area contributed by atoms with Gasteiger partial charge in [-0.3, -0.25) is 4.72 Å². The Hall–Kier alpha value is -3.73. The Morgan fingerprint density at radius 2 is 1.63 bits per heavy atom. The average Bonchev–Trinajstić information content (AvgIpc) is 2.91. The molecule has 0 aliphatic carbocycles. The maximum absolute atomic E-state index is 13.3. The third kappa shape index (κ3) is 6.04. The minimum atomic E-state index is -3.95. The zero-order chi connectivity index (χ0) is 26.5. The van der Waals surface area contributed by atoms with Crippen LogP contribution in [0.4, 0.5) is 17.3 Å². The molecule has 4 aromatic rings. The first-order chi connectivity index (χ1) is 18.4. The fourth-order valence-electron chi connectivity index (χ4n) is 4.58. The number of hydrogen-bond donors (Lipinski definition) is 4. The van der Waals surface area contributed by atoms with E-state index in [1.807, 2.05) is 31.3 Å². The number of ether oxygens (including phenoxy) is 1. The minimum Gasteiger partial charge on any atom is -0.508 e. The molecule has 9 nitrogen and oxygen atoms in total. The van der Waals surface area contributed by atoms with Crippen LogP contribution in [0, 0.1) is 5.92 Å². The van der Waals surface area contributed by atoms with Crippen LogP contribution in [0.15, 0.2) is 71.6 Å². The highest BCUT2D eigenvalue weighted by Crippen LogP contribution is 2.32. The number of hydrogen-bond acceptors (Lipinski definition) is 8. The van der Waals surface area contributed by atoms with Gasteiger partial charge in [-0.15, -0.1) is 0 Å². The van der Waals surface area contributed by atoms with Crippen LogP contribution in [0.5, 0.6) is 5.75 Å². The highest BCUT2D eigenvalue weighted by molar-refractivity contribution is 7.92. The van der Waals surface area contributed by atoms with Crippen LogP contribution in [-0.4, -0.2) is 43.8 Å². The molecule has 1 aliphatic heterocycles. The summed E-state index contributed by atoms with van der Waals surface area (Å²) < 4.78 is 34.8. The lowest BCUT2D eigenvalue weighted by atomic mass is 9.91. The van der Waals surface area contributed by atoms with Gasteiger partial charge in [-0.05, 0) is 73.7 Å². The molecular weight excluding hydrogens is 502 g/mol. The maximum atomic E-state index is 13.3. The fraction of sp³-hybridized carbons (Fsp3) is 0.286. The van der Waals surface area contributed by atoms with Gasteiger partial charge in [0.25, 0.3) is 10.0 Å². The highest BCUT2D eigenvalue weighted by Gasteiger charge is 2.21. The number of nitrogens with one attached hydrogen (secondary N) is 3. The number of phenols is 1. The summed E-state index contributed by atoms with van der Waals surface area (Å²) in [6.07, 6.45) is 2.73. The SMILES string of the molecule is CNCc1ccc(S(=O)(=O)Nc2nc3ccccc3nc2Nc2cc(O)ccc2CC2CCOCC2)cc1. The van der Waals surface area contributed by atoms with Crippen molar-refractivity contribution in [1.82, 2.24) is 15.3 Å². The Balaban J connectivity index is 1.50. The summed E-state index contributed by atoms with van der Waals surface area (Å²) in [6.45, 7) is 2.12. The van der Waals surface area contributed by atoms with Gasteiger partial charge >= 0.3 is 0 Å². The van der Waals surface area contributed by atoms with Gasteiger partial charge in [-0.1, -0.05) is 30.3 Å². The van der Waals surface area contributed by atoms with Crippen LogP contribution in [0.3, 0.4) is 0 Å². The van der Waals surface area contributed by atoms with Gasteiger partial charge in [0.05, 0.1) is 15.9 Å². The van der Waals surface area contributed by atoms with Crippen molar-refractivity contribution in [3.05, 3.63) is 77.9 Å². The number of sulfonamides is 1. The summed E-state index contributed by atoms with van der Waals surface area (Å²) in [5.74, 6) is 0.877. The molecule has 38 heavy (non-hydrogen) atoms. The number of para-hydroxylation sites is 2. The largest absolute Gasteiger partial charge is 0.508 e. The van der Waals surface area contributed by atoms with Crippen LogP contribution >= 0.6 is 0 Å². The van der Waals surface area contributed by atoms with Gasteiger partial charge in [0.2, 0.25) is 0 Å². The van der Waals surface area contributed by atoms with Crippen molar-refractivity contribution in [3.63, 3.8) is 0 Å². The second-order valence-corrected chi connectivity index (χ2v) is 11.1. The Morgan fingerprint density at radius 1 is 0.947 bits per heavy atom. The van der Waals surface area contributed by atoms with Crippen LogP contribution in [0.2, 0.25) is 0 Å². The first-order valence-electron chi connectivity index (χ1n) is 12.6. The second kappa shape index (κ2) is 11.3. The summed E-state index contributed by atoms with van der Waals surface area (Å²) >= 11 is 0. The molecule has 0 unspecified atom stereocenters. The minimum absolute atomic E-state index is 0.0726. The zero-order valence-corrected chi connectivity index (χ0v) is 22.0. The predicted octanol–water partition coefficient (Wildman–Crippen LogP) is 4.57. The Kier molecular flexibility index (Phi) is 7.73. The molecule has 3 aromatic carbocycles. The monoisotopic (exact) mass is 533 g/mol. The number of benzene rings is 3. The quantitative estimate of drug-likeness (QED) is 0.247. The maximum Gasteiger partial charge on any atom is 0.263 e. The van der Waals surface area contributed by atoms with Gasteiger partial charge in [0, 0.05) is 31.5 Å². The molecule has 1 fully saturated rings. The normalized spacial score (nSPS) is 14.4. The van der Waals surface area contributed by atoms with E-state index in [2.05, 4.69) is 20.3 Å². The standard InChI is InChI=1S/C28H31N5O4S/c1-29-18-20-6-10-23(11-7-20)38(35,36)33-28-27(30-24-4-2-3-5-25(24)31-28)32-26-17-22(34)9-8-21(26)16-19-12-14-37-15-13-19/h2-11,17,19,29,34H,12-16,18H2,1H3,(H,30,32)(H,31,33). The molecule has 4 N–H and O–H groups in total. The smallest absolute Gasteiger partial charge is 0.263 e. The number of aromatic nitrogens is 2. The first-order valence-corrected chi connectivity index (χ1v) is 14.1. The molecule has 0 bridgehead atoms. The van der Waals surface area contributed by atoms with Crippen molar-refractivity contribution in [2.24, 2.45) is 5.92 Å². The van der Waals surface area contributed by atoms with Gasteiger partial charge < -0.3 is 20.5 Å². The van der Waals surface area contributed by atoms with Crippen LogP contribution < -0.4 is 15.4 Å². The predicted molar refractivity (Wildman–Crippen MR) is 148 cm³/mol. The average molecular weight is 534 g/mol. The zero-order valence-electron chi connectivity index (χ0n) is 21.1. The number of fused-ring (bicyclic) bond motifs is 1. The molecule has 0 spiro atoms. The van der Waals surface area contributed by atoms with E-state index in [0.717, 1.165) is 43.6 Å². The van der Waals surface area contributed by atoms with E-state index in [4.69, 9.17) is 9.72 Å². The molecule has 0 saturated carbocycles. The summed E-state index contributed by atoms with van der Waals surface area (Å²) in [4.78, 5) is 9.41. The molecular formula is C28H31N5O4S. The second-order valence-electron chi connectivity index (χ2n) is 9.42. The molecule has 0 amide bonds. The van der Waals surface area contributed by atoms with Crippen molar-refractivity contribution in [1.29, 1.82) is 0 Å². The van der Waals surface area contributed by atoms with Crippen LogP contribution in [0.1, 0.15) is 24.0 Å². The molecule has 2 heterocycles. The molecule has 0 atom stereocenters. The highest BCUT2D eigenvalue weighted by atomic mass is 32.2. The van der Waals surface area contributed by atoms with Gasteiger partial charge in [0.15, 0.2) is 11.6 Å². The number of nitrogens with zero attached hydrogens (tertiary/aromatic N) is 2. The number of anilines is 3. The Morgan fingerprint density at radius 3 is 2.32 bits per heavy atom. The van der Waals surface area contributed by atoms with Crippen molar-refractivity contribution in [3.8, 4) is 5.75 Å². The van der Waals surface area contributed by atoms with E-state index in [1.54, 1.807) is 42.5 Å². The molecule has 198 valence electrons. The van der Waals surface area contributed by atoms with Crippen molar-refractivity contribution >= 4 is 38.4 Å².